The molecule has 0 spiro atoms. The predicted octanol–water partition coefficient (Wildman–Crippen LogP) is 2.82. The molecule has 0 unspecified atom stereocenters. The first-order valence-corrected chi connectivity index (χ1v) is 9.99. The highest BCUT2D eigenvalue weighted by Gasteiger charge is 2.32. The second-order valence-corrected chi connectivity index (χ2v) is 7.77. The van der Waals surface area contributed by atoms with Crippen molar-refractivity contribution in [1.82, 2.24) is 14.4 Å². The Kier molecular flexibility index (Phi) is 5.57. The Morgan fingerprint density at radius 1 is 1.00 bits per heavy atom. The maximum atomic E-state index is 12.3. The van der Waals surface area contributed by atoms with Crippen LogP contribution in [0.5, 0.6) is 0 Å². The fourth-order valence-corrected chi connectivity index (χ4v) is 4.28. The molecule has 0 bridgehead atoms. The lowest BCUT2D eigenvalue weighted by molar-refractivity contribution is -0.144. The fourth-order valence-electron chi connectivity index (χ4n) is 4.28. The fraction of sp³-hybridized carbons (Fsp3) is 0.304. The normalized spacial score (nSPS) is 16.6. The molecule has 2 N–H and O–H groups in total. The summed E-state index contributed by atoms with van der Waals surface area (Å²) in [5, 5.41) is 20.1. The second kappa shape index (κ2) is 8.30. The maximum Gasteiger partial charge on any atom is 0.335 e. The lowest BCUT2D eigenvalue weighted by Gasteiger charge is -2.37. The number of fused-ring (bicyclic) bond motifs is 1. The molecule has 1 aliphatic heterocycles. The van der Waals surface area contributed by atoms with Crippen molar-refractivity contribution in [2.75, 3.05) is 26.2 Å². The molecule has 1 saturated heterocycles. The largest absolute Gasteiger partial charge is 0.480 e. The summed E-state index contributed by atoms with van der Waals surface area (Å²) in [5.41, 5.74) is 2.87. The number of carboxylic acid groups (broad SMARTS) is 2. The Morgan fingerprint density at radius 3 is 2.33 bits per heavy atom. The van der Waals surface area contributed by atoms with E-state index in [4.69, 9.17) is 0 Å². The zero-order valence-electron chi connectivity index (χ0n) is 16.9. The van der Waals surface area contributed by atoms with E-state index in [0.29, 0.717) is 24.0 Å². The van der Waals surface area contributed by atoms with Gasteiger partial charge in [-0.2, -0.15) is 0 Å². The first-order valence-electron chi connectivity index (χ1n) is 9.99. The zero-order valence-corrected chi connectivity index (χ0v) is 16.9. The van der Waals surface area contributed by atoms with E-state index in [-0.39, 0.29) is 5.56 Å². The van der Waals surface area contributed by atoms with Gasteiger partial charge in [-0.15, -0.1) is 0 Å². The zero-order chi connectivity index (χ0) is 21.3. The van der Waals surface area contributed by atoms with E-state index < -0.39 is 18.0 Å². The number of aryl methyl sites for hydroxylation is 1. The number of hydrogen-bond acceptors (Lipinski definition) is 4. The van der Waals surface area contributed by atoms with E-state index in [2.05, 4.69) is 17.0 Å². The molecule has 156 valence electrons. The Labute approximate surface area is 174 Å². The van der Waals surface area contributed by atoms with Crippen molar-refractivity contribution >= 4 is 22.8 Å². The Morgan fingerprint density at radius 2 is 1.70 bits per heavy atom. The Balaban J connectivity index is 1.57. The van der Waals surface area contributed by atoms with Crippen molar-refractivity contribution in [3.05, 3.63) is 71.4 Å². The van der Waals surface area contributed by atoms with Crippen LogP contribution in [-0.2, 0) is 18.4 Å². The third kappa shape index (κ3) is 3.94. The SMILES string of the molecule is Cn1cc([C@H](C(=O)O)N2CCN(Cc3ccccc3)CC2)c2cc(C(=O)O)ccc21. The predicted molar refractivity (Wildman–Crippen MR) is 114 cm³/mol. The monoisotopic (exact) mass is 407 g/mol. The average molecular weight is 407 g/mol. The molecule has 0 amide bonds. The minimum Gasteiger partial charge on any atom is -0.480 e. The molecule has 7 heteroatoms. The minimum atomic E-state index is -1.02. The summed E-state index contributed by atoms with van der Waals surface area (Å²) in [6, 6.07) is 14.3. The van der Waals surface area contributed by atoms with E-state index in [1.54, 1.807) is 18.2 Å². The maximum absolute atomic E-state index is 12.3. The van der Waals surface area contributed by atoms with Crippen LogP contribution in [0.1, 0.15) is 27.5 Å². The molecule has 1 aromatic heterocycles. The number of aromatic nitrogens is 1. The number of carbonyl (C=O) groups is 2. The molecule has 1 atom stereocenters. The smallest absolute Gasteiger partial charge is 0.335 e. The number of hydrogen-bond donors (Lipinski definition) is 2. The van der Waals surface area contributed by atoms with Crippen molar-refractivity contribution in [2.24, 2.45) is 7.05 Å². The van der Waals surface area contributed by atoms with Crippen LogP contribution in [0, 0.1) is 0 Å². The van der Waals surface area contributed by atoms with Crippen LogP contribution in [-0.4, -0.2) is 62.7 Å². The number of rotatable bonds is 6. The number of piperazine rings is 1. The van der Waals surface area contributed by atoms with Crippen LogP contribution in [0.2, 0.25) is 0 Å². The van der Waals surface area contributed by atoms with Crippen LogP contribution < -0.4 is 0 Å². The van der Waals surface area contributed by atoms with Gasteiger partial charge < -0.3 is 14.8 Å². The van der Waals surface area contributed by atoms with Gasteiger partial charge in [0.1, 0.15) is 6.04 Å². The summed E-state index contributed by atoms with van der Waals surface area (Å²) in [7, 11) is 1.85. The van der Waals surface area contributed by atoms with E-state index in [9.17, 15) is 19.8 Å². The third-order valence-corrected chi connectivity index (χ3v) is 5.82. The summed E-state index contributed by atoms with van der Waals surface area (Å²) < 4.78 is 1.86. The molecule has 0 radical (unpaired) electrons. The van der Waals surface area contributed by atoms with Gasteiger partial charge in [-0.3, -0.25) is 14.6 Å². The van der Waals surface area contributed by atoms with Gasteiger partial charge in [-0.05, 0) is 23.8 Å². The highest BCUT2D eigenvalue weighted by atomic mass is 16.4. The van der Waals surface area contributed by atoms with E-state index in [0.717, 1.165) is 25.2 Å². The number of benzene rings is 2. The first kappa shape index (κ1) is 20.1. The molecule has 7 nitrogen and oxygen atoms in total. The third-order valence-electron chi connectivity index (χ3n) is 5.82. The molecule has 1 aliphatic rings. The summed E-state index contributed by atoms with van der Waals surface area (Å²) in [4.78, 5) is 28.0. The highest BCUT2D eigenvalue weighted by molar-refractivity contribution is 5.96. The van der Waals surface area contributed by atoms with Gasteiger partial charge in [-0.1, -0.05) is 30.3 Å². The van der Waals surface area contributed by atoms with Gasteiger partial charge >= 0.3 is 11.9 Å². The molecule has 0 saturated carbocycles. The van der Waals surface area contributed by atoms with Crippen LogP contribution in [0.4, 0.5) is 0 Å². The standard InChI is InChI=1S/C23H25N3O4/c1-24-15-19(18-13-17(22(27)28)7-8-20(18)24)21(23(29)30)26-11-9-25(10-12-26)14-16-5-3-2-4-6-16/h2-8,13,15,21H,9-12,14H2,1H3,(H,27,28)(H,29,30)/t21-/m1/s1. The highest BCUT2D eigenvalue weighted by Crippen LogP contribution is 2.31. The molecule has 1 fully saturated rings. The molecular formula is C23H25N3O4. The van der Waals surface area contributed by atoms with Crippen LogP contribution in [0.25, 0.3) is 10.9 Å². The number of carboxylic acids is 2. The van der Waals surface area contributed by atoms with Crippen molar-refractivity contribution in [3.8, 4) is 0 Å². The van der Waals surface area contributed by atoms with Gasteiger partial charge in [0.15, 0.2) is 0 Å². The number of aromatic carboxylic acids is 1. The molecule has 2 heterocycles. The van der Waals surface area contributed by atoms with Crippen LogP contribution >= 0.6 is 0 Å². The Bertz CT molecular complexity index is 1070. The quantitative estimate of drug-likeness (QED) is 0.654. The number of nitrogens with zero attached hydrogens (tertiary/aromatic N) is 3. The second-order valence-electron chi connectivity index (χ2n) is 7.77. The molecular weight excluding hydrogens is 382 g/mol. The van der Waals surface area contributed by atoms with Gasteiger partial charge in [-0.25, -0.2) is 4.79 Å². The van der Waals surface area contributed by atoms with Crippen molar-refractivity contribution in [2.45, 2.75) is 12.6 Å². The molecule has 4 rings (SSSR count). The Hall–Kier alpha value is -3.16. The molecule has 0 aliphatic carbocycles. The van der Waals surface area contributed by atoms with E-state index in [1.807, 2.05) is 40.9 Å². The lowest BCUT2D eigenvalue weighted by atomic mass is 10.0. The lowest BCUT2D eigenvalue weighted by Crippen LogP contribution is -2.48. The summed E-state index contributed by atoms with van der Waals surface area (Å²) in [5.74, 6) is -1.94. The summed E-state index contributed by atoms with van der Waals surface area (Å²) >= 11 is 0. The molecule has 30 heavy (non-hydrogen) atoms. The van der Waals surface area contributed by atoms with Gasteiger partial charge in [0, 0.05) is 62.4 Å². The van der Waals surface area contributed by atoms with E-state index >= 15 is 0 Å². The number of aliphatic carboxylic acids is 1. The molecule has 2 aromatic carbocycles. The van der Waals surface area contributed by atoms with Crippen molar-refractivity contribution in [1.29, 1.82) is 0 Å². The topological polar surface area (TPSA) is 86.0 Å². The minimum absolute atomic E-state index is 0.159. The van der Waals surface area contributed by atoms with Crippen molar-refractivity contribution in [3.63, 3.8) is 0 Å². The van der Waals surface area contributed by atoms with E-state index in [1.165, 1.54) is 5.56 Å². The van der Waals surface area contributed by atoms with Crippen LogP contribution in [0.3, 0.4) is 0 Å². The van der Waals surface area contributed by atoms with Crippen molar-refractivity contribution < 1.29 is 19.8 Å². The summed E-state index contributed by atoms with van der Waals surface area (Å²) in [6.45, 7) is 3.69. The van der Waals surface area contributed by atoms with Gasteiger partial charge in [0.25, 0.3) is 0 Å². The molecule has 3 aromatic rings. The van der Waals surface area contributed by atoms with Gasteiger partial charge in [0.05, 0.1) is 5.56 Å². The first-order chi connectivity index (χ1) is 14.4. The average Bonchev–Trinajstić information content (AvgIpc) is 3.05. The van der Waals surface area contributed by atoms with Gasteiger partial charge in [0.2, 0.25) is 0 Å². The van der Waals surface area contributed by atoms with Crippen LogP contribution in [0.15, 0.2) is 54.7 Å². The summed E-state index contributed by atoms with van der Waals surface area (Å²) in [6.07, 6.45) is 1.81.